The van der Waals surface area contributed by atoms with Gasteiger partial charge in [-0.2, -0.15) is 0 Å². The number of benzene rings is 1. The van der Waals surface area contributed by atoms with Crippen LogP contribution in [0.5, 0.6) is 0 Å². The highest BCUT2D eigenvalue weighted by Gasteiger charge is 2.14. The van der Waals surface area contributed by atoms with Gasteiger partial charge in [0.15, 0.2) is 0 Å². The summed E-state index contributed by atoms with van der Waals surface area (Å²) in [4.78, 5) is 28.1. The van der Waals surface area contributed by atoms with Crippen molar-refractivity contribution in [3.63, 3.8) is 0 Å². The van der Waals surface area contributed by atoms with Crippen molar-refractivity contribution >= 4 is 11.9 Å². The van der Waals surface area contributed by atoms with Crippen molar-refractivity contribution < 1.29 is 19.5 Å². The Hall–Kier alpha value is -1.88. The predicted octanol–water partition coefficient (Wildman–Crippen LogP) is 3.00. The van der Waals surface area contributed by atoms with Crippen LogP contribution in [0.4, 0.5) is 0 Å². The molecule has 0 bridgehead atoms. The van der Waals surface area contributed by atoms with Crippen molar-refractivity contribution in [3.8, 4) is 0 Å². The van der Waals surface area contributed by atoms with Crippen LogP contribution in [0.1, 0.15) is 44.6 Å². The van der Waals surface area contributed by atoms with E-state index in [-0.39, 0.29) is 18.7 Å². The molecule has 1 aromatic rings. The molecule has 0 fully saturated rings. The quantitative estimate of drug-likeness (QED) is 0.673. The number of hydroxylamine groups is 2. The van der Waals surface area contributed by atoms with Gasteiger partial charge < -0.3 is 5.11 Å². The smallest absolute Gasteiger partial charge is 0.303 e. The van der Waals surface area contributed by atoms with E-state index in [9.17, 15) is 9.59 Å². The molecule has 1 N–H and O–H groups in total. The zero-order chi connectivity index (χ0) is 15.5. The minimum Gasteiger partial charge on any atom is -0.481 e. The van der Waals surface area contributed by atoms with Gasteiger partial charge in [-0.15, -0.1) is 0 Å². The third kappa shape index (κ3) is 7.46. The molecular formula is C16H23NO4. The fraction of sp³-hybridized carbons (Fsp3) is 0.500. The van der Waals surface area contributed by atoms with Crippen molar-refractivity contribution in [2.24, 2.45) is 0 Å². The number of hydrogen-bond acceptors (Lipinski definition) is 3. The highest BCUT2D eigenvalue weighted by molar-refractivity contribution is 5.76. The maximum atomic E-state index is 12.1. The minimum atomic E-state index is -0.881. The predicted molar refractivity (Wildman–Crippen MR) is 79.3 cm³/mol. The second-order valence-electron chi connectivity index (χ2n) is 4.86. The van der Waals surface area contributed by atoms with E-state index in [1.807, 2.05) is 37.3 Å². The van der Waals surface area contributed by atoms with Gasteiger partial charge >= 0.3 is 5.97 Å². The highest BCUT2D eigenvalue weighted by Crippen LogP contribution is 2.08. The fourth-order valence-corrected chi connectivity index (χ4v) is 1.81. The average Bonchev–Trinajstić information content (AvgIpc) is 2.48. The first-order valence-electron chi connectivity index (χ1n) is 7.32. The Balaban J connectivity index is 2.45. The second-order valence-corrected chi connectivity index (χ2v) is 4.86. The molecule has 116 valence electrons. The number of aliphatic carboxylic acids is 1. The Labute approximate surface area is 125 Å². The molecule has 0 aromatic heterocycles. The van der Waals surface area contributed by atoms with Gasteiger partial charge in [0, 0.05) is 19.4 Å². The van der Waals surface area contributed by atoms with Gasteiger partial charge in [-0.1, -0.05) is 43.7 Å². The van der Waals surface area contributed by atoms with Gasteiger partial charge in [0.1, 0.15) is 6.61 Å². The lowest BCUT2D eigenvalue weighted by Gasteiger charge is -2.21. The number of carbonyl (C=O) groups excluding carboxylic acids is 1. The maximum Gasteiger partial charge on any atom is 0.303 e. The molecule has 0 atom stereocenters. The van der Waals surface area contributed by atoms with Crippen LogP contribution < -0.4 is 0 Å². The summed E-state index contributed by atoms with van der Waals surface area (Å²) < 4.78 is 0. The molecule has 0 saturated carbocycles. The summed E-state index contributed by atoms with van der Waals surface area (Å²) in [6.07, 6.45) is 2.37. The Morgan fingerprint density at radius 3 is 2.48 bits per heavy atom. The fourth-order valence-electron chi connectivity index (χ4n) is 1.81. The second kappa shape index (κ2) is 9.94. The first-order chi connectivity index (χ1) is 10.1. The van der Waals surface area contributed by atoms with E-state index >= 15 is 0 Å². The van der Waals surface area contributed by atoms with Crippen LogP contribution in [0.2, 0.25) is 0 Å². The van der Waals surface area contributed by atoms with E-state index < -0.39 is 5.97 Å². The van der Waals surface area contributed by atoms with Crippen LogP contribution in [0.25, 0.3) is 0 Å². The van der Waals surface area contributed by atoms with Crippen molar-refractivity contribution in [2.45, 2.75) is 45.6 Å². The van der Waals surface area contributed by atoms with Crippen molar-refractivity contribution in [1.82, 2.24) is 5.06 Å². The average molecular weight is 293 g/mol. The van der Waals surface area contributed by atoms with E-state index in [1.165, 1.54) is 5.06 Å². The van der Waals surface area contributed by atoms with Gasteiger partial charge in [0.2, 0.25) is 5.91 Å². The molecule has 0 aliphatic carbocycles. The van der Waals surface area contributed by atoms with Crippen LogP contribution in [-0.4, -0.2) is 28.6 Å². The molecule has 0 aliphatic heterocycles. The third-order valence-corrected chi connectivity index (χ3v) is 3.00. The topological polar surface area (TPSA) is 66.8 Å². The maximum absolute atomic E-state index is 12.1. The lowest BCUT2D eigenvalue weighted by Crippen LogP contribution is -2.32. The van der Waals surface area contributed by atoms with Gasteiger partial charge in [-0.25, -0.2) is 5.06 Å². The molecule has 0 spiro atoms. The molecule has 1 aromatic carbocycles. The van der Waals surface area contributed by atoms with E-state index in [1.54, 1.807) is 0 Å². The molecule has 21 heavy (non-hydrogen) atoms. The molecule has 0 saturated heterocycles. The van der Waals surface area contributed by atoms with E-state index in [4.69, 9.17) is 9.94 Å². The molecule has 0 heterocycles. The molecule has 0 unspecified atom stereocenters. The van der Waals surface area contributed by atoms with E-state index in [0.29, 0.717) is 19.6 Å². The summed E-state index contributed by atoms with van der Waals surface area (Å²) in [5, 5.41) is 9.98. The van der Waals surface area contributed by atoms with Crippen molar-refractivity contribution in [1.29, 1.82) is 0 Å². The lowest BCUT2D eigenvalue weighted by atomic mass is 10.2. The Bertz CT molecular complexity index is 433. The summed E-state index contributed by atoms with van der Waals surface area (Å²) >= 11 is 0. The van der Waals surface area contributed by atoms with Crippen molar-refractivity contribution in [2.75, 3.05) is 6.54 Å². The minimum absolute atomic E-state index is 0.00600. The van der Waals surface area contributed by atoms with Crippen LogP contribution in [0.15, 0.2) is 30.3 Å². The number of amides is 1. The van der Waals surface area contributed by atoms with Crippen LogP contribution in [-0.2, 0) is 21.0 Å². The summed E-state index contributed by atoms with van der Waals surface area (Å²) in [7, 11) is 0. The zero-order valence-corrected chi connectivity index (χ0v) is 12.5. The molecule has 0 radical (unpaired) electrons. The van der Waals surface area contributed by atoms with Gasteiger partial charge in [-0.3, -0.25) is 14.4 Å². The van der Waals surface area contributed by atoms with Gasteiger partial charge in [0.25, 0.3) is 0 Å². The Kier molecular flexibility index (Phi) is 8.12. The van der Waals surface area contributed by atoms with E-state index in [0.717, 1.165) is 18.4 Å². The molecule has 0 aliphatic rings. The SMILES string of the molecule is CCCCN(OCc1ccccc1)C(=O)CCCC(=O)O. The Morgan fingerprint density at radius 1 is 1.14 bits per heavy atom. The first kappa shape index (κ1) is 17.2. The highest BCUT2D eigenvalue weighted by atomic mass is 16.7. The van der Waals surface area contributed by atoms with Crippen LogP contribution in [0.3, 0.4) is 0 Å². The number of rotatable bonds is 10. The molecule has 1 rings (SSSR count). The van der Waals surface area contributed by atoms with Gasteiger partial charge in [-0.05, 0) is 18.4 Å². The molecule has 5 heteroatoms. The normalized spacial score (nSPS) is 10.3. The first-order valence-corrected chi connectivity index (χ1v) is 7.32. The molecule has 5 nitrogen and oxygen atoms in total. The number of unbranched alkanes of at least 4 members (excludes halogenated alkanes) is 1. The number of hydrogen-bond donors (Lipinski definition) is 1. The third-order valence-electron chi connectivity index (χ3n) is 3.00. The number of carboxylic acid groups (broad SMARTS) is 1. The monoisotopic (exact) mass is 293 g/mol. The lowest BCUT2D eigenvalue weighted by molar-refractivity contribution is -0.192. The number of carboxylic acids is 1. The summed E-state index contributed by atoms with van der Waals surface area (Å²) in [5.74, 6) is -1.03. The summed E-state index contributed by atoms with van der Waals surface area (Å²) in [6.45, 7) is 2.93. The molecule has 1 amide bonds. The standard InChI is InChI=1S/C16H23NO4/c1-2-3-12-17(15(18)10-7-11-16(19)20)21-13-14-8-5-4-6-9-14/h4-6,8-9H,2-3,7,10-13H2,1H3,(H,19,20). The number of carbonyl (C=O) groups is 2. The van der Waals surface area contributed by atoms with Crippen LogP contribution >= 0.6 is 0 Å². The summed E-state index contributed by atoms with van der Waals surface area (Å²) in [5.41, 5.74) is 0.998. The van der Waals surface area contributed by atoms with E-state index in [2.05, 4.69) is 0 Å². The van der Waals surface area contributed by atoms with Gasteiger partial charge in [0.05, 0.1) is 0 Å². The van der Waals surface area contributed by atoms with Crippen molar-refractivity contribution in [3.05, 3.63) is 35.9 Å². The number of nitrogens with zero attached hydrogens (tertiary/aromatic N) is 1. The largest absolute Gasteiger partial charge is 0.481 e. The van der Waals surface area contributed by atoms with Crippen LogP contribution in [0, 0.1) is 0 Å². The summed E-state index contributed by atoms with van der Waals surface area (Å²) in [6, 6.07) is 9.64. The zero-order valence-electron chi connectivity index (χ0n) is 12.5. The Morgan fingerprint density at radius 2 is 1.86 bits per heavy atom. The molecular weight excluding hydrogens is 270 g/mol.